The van der Waals surface area contributed by atoms with Gasteiger partial charge >= 0.3 is 0 Å². The van der Waals surface area contributed by atoms with Crippen LogP contribution in [0.1, 0.15) is 16.2 Å². The van der Waals surface area contributed by atoms with Gasteiger partial charge in [-0.1, -0.05) is 0 Å². The molecule has 3 aromatic heterocycles. The molecule has 0 atom stereocenters. The fourth-order valence-electron chi connectivity index (χ4n) is 1.56. The van der Waals surface area contributed by atoms with Crippen LogP contribution in [0.3, 0.4) is 0 Å². The van der Waals surface area contributed by atoms with Gasteiger partial charge in [0, 0.05) is 6.20 Å². The van der Waals surface area contributed by atoms with Gasteiger partial charge in [-0.3, -0.25) is 9.89 Å². The molecule has 1 amide bonds. The maximum Gasteiger partial charge on any atom is 0.253 e. The van der Waals surface area contributed by atoms with Gasteiger partial charge in [0.1, 0.15) is 24.8 Å². The summed E-state index contributed by atoms with van der Waals surface area (Å²) in [5, 5.41) is 13.0. The van der Waals surface area contributed by atoms with Crippen molar-refractivity contribution in [1.82, 2.24) is 40.2 Å². The predicted molar refractivity (Wildman–Crippen MR) is 66.7 cm³/mol. The normalized spacial score (nSPS) is 10.4. The number of H-pyrrole nitrogens is 1. The fourth-order valence-corrected chi connectivity index (χ4v) is 1.56. The summed E-state index contributed by atoms with van der Waals surface area (Å²) < 4.78 is 1.51. The van der Waals surface area contributed by atoms with Crippen LogP contribution in [0.4, 0.5) is 0 Å². The van der Waals surface area contributed by atoms with E-state index in [4.69, 9.17) is 0 Å². The van der Waals surface area contributed by atoms with Crippen molar-refractivity contribution in [2.24, 2.45) is 0 Å². The number of amides is 1. The zero-order chi connectivity index (χ0) is 13.8. The standard InChI is InChI=1S/C11H10N8O/c20-11(14-4-9-15-6-16-18-9)8-1-2-10(13-3-8)19-7-12-5-17-19/h1-3,5-7H,4H2,(H,14,20)(H,15,16,18). The second-order valence-corrected chi connectivity index (χ2v) is 3.86. The number of carbonyl (C=O) groups is 1. The Kier molecular flexibility index (Phi) is 3.15. The highest BCUT2D eigenvalue weighted by molar-refractivity contribution is 5.93. The largest absolute Gasteiger partial charge is 0.345 e. The summed E-state index contributed by atoms with van der Waals surface area (Å²) >= 11 is 0. The van der Waals surface area contributed by atoms with Crippen molar-refractivity contribution in [2.75, 3.05) is 0 Å². The first-order valence-electron chi connectivity index (χ1n) is 5.76. The number of pyridine rings is 1. The van der Waals surface area contributed by atoms with Crippen LogP contribution in [-0.4, -0.2) is 40.8 Å². The number of aromatic nitrogens is 7. The molecule has 3 heterocycles. The third kappa shape index (κ3) is 2.51. The smallest absolute Gasteiger partial charge is 0.253 e. The number of rotatable bonds is 4. The predicted octanol–water partition coefficient (Wildman–Crippen LogP) is -0.290. The molecule has 0 unspecified atom stereocenters. The van der Waals surface area contributed by atoms with E-state index in [1.54, 1.807) is 12.1 Å². The summed E-state index contributed by atoms with van der Waals surface area (Å²) in [6.07, 6.45) is 5.81. The van der Waals surface area contributed by atoms with Crippen molar-refractivity contribution in [1.29, 1.82) is 0 Å². The molecule has 20 heavy (non-hydrogen) atoms. The highest BCUT2D eigenvalue weighted by Crippen LogP contribution is 2.04. The molecular weight excluding hydrogens is 260 g/mol. The van der Waals surface area contributed by atoms with Crippen molar-refractivity contribution in [3.8, 4) is 5.82 Å². The van der Waals surface area contributed by atoms with Crippen LogP contribution < -0.4 is 5.32 Å². The Morgan fingerprint density at radius 3 is 2.90 bits per heavy atom. The van der Waals surface area contributed by atoms with E-state index in [9.17, 15) is 4.79 Å². The second kappa shape index (κ2) is 5.26. The van der Waals surface area contributed by atoms with Gasteiger partial charge in [0.05, 0.1) is 12.1 Å². The molecule has 0 fully saturated rings. The highest BCUT2D eigenvalue weighted by Gasteiger charge is 2.07. The van der Waals surface area contributed by atoms with E-state index in [1.807, 2.05) is 0 Å². The number of hydrogen-bond donors (Lipinski definition) is 2. The summed E-state index contributed by atoms with van der Waals surface area (Å²) in [6, 6.07) is 3.36. The summed E-state index contributed by atoms with van der Waals surface area (Å²) in [4.78, 5) is 23.8. The highest BCUT2D eigenvalue weighted by atomic mass is 16.1. The molecular formula is C11H10N8O. The molecule has 9 heteroatoms. The van der Waals surface area contributed by atoms with Crippen molar-refractivity contribution >= 4 is 5.91 Å². The van der Waals surface area contributed by atoms with E-state index in [1.165, 1.54) is 29.9 Å². The van der Waals surface area contributed by atoms with Crippen LogP contribution >= 0.6 is 0 Å². The van der Waals surface area contributed by atoms with E-state index in [2.05, 4.69) is 35.6 Å². The minimum atomic E-state index is -0.237. The molecule has 9 nitrogen and oxygen atoms in total. The Morgan fingerprint density at radius 1 is 1.30 bits per heavy atom. The van der Waals surface area contributed by atoms with E-state index in [0.717, 1.165) is 0 Å². The minimum absolute atomic E-state index is 0.237. The summed E-state index contributed by atoms with van der Waals surface area (Å²) in [7, 11) is 0. The average molecular weight is 270 g/mol. The monoisotopic (exact) mass is 270 g/mol. The molecule has 0 aliphatic carbocycles. The van der Waals surface area contributed by atoms with E-state index in [0.29, 0.717) is 17.2 Å². The molecule has 0 bridgehead atoms. The summed E-state index contributed by atoms with van der Waals surface area (Å²) in [5.41, 5.74) is 0.452. The van der Waals surface area contributed by atoms with Gasteiger partial charge in [-0.05, 0) is 12.1 Å². The van der Waals surface area contributed by atoms with Crippen molar-refractivity contribution in [3.05, 3.63) is 48.7 Å². The lowest BCUT2D eigenvalue weighted by molar-refractivity contribution is 0.0949. The minimum Gasteiger partial charge on any atom is -0.345 e. The van der Waals surface area contributed by atoms with E-state index >= 15 is 0 Å². The topological polar surface area (TPSA) is 114 Å². The van der Waals surface area contributed by atoms with Crippen molar-refractivity contribution < 1.29 is 4.79 Å². The van der Waals surface area contributed by atoms with Crippen LogP contribution in [0.25, 0.3) is 5.82 Å². The zero-order valence-corrected chi connectivity index (χ0v) is 10.3. The molecule has 0 saturated carbocycles. The summed E-state index contributed by atoms with van der Waals surface area (Å²) in [5.74, 6) is 0.943. The Labute approximate surface area is 113 Å². The number of nitrogens with one attached hydrogen (secondary N) is 2. The van der Waals surface area contributed by atoms with Crippen LogP contribution in [0, 0.1) is 0 Å². The molecule has 0 radical (unpaired) electrons. The molecule has 2 N–H and O–H groups in total. The van der Waals surface area contributed by atoms with Crippen molar-refractivity contribution in [3.63, 3.8) is 0 Å². The van der Waals surface area contributed by atoms with Gasteiger partial charge in [-0.15, -0.1) is 0 Å². The molecule has 0 spiro atoms. The second-order valence-electron chi connectivity index (χ2n) is 3.86. The third-order valence-electron chi connectivity index (χ3n) is 2.54. The lowest BCUT2D eigenvalue weighted by Gasteiger charge is -2.04. The third-order valence-corrected chi connectivity index (χ3v) is 2.54. The molecule has 3 aromatic rings. The SMILES string of the molecule is O=C(NCc1ncn[nH]1)c1ccc(-n2cncn2)nc1. The van der Waals surface area contributed by atoms with Gasteiger partial charge in [0.2, 0.25) is 0 Å². The Hall–Kier alpha value is -3.10. The van der Waals surface area contributed by atoms with Gasteiger partial charge in [0.25, 0.3) is 5.91 Å². The Balaban J connectivity index is 1.66. The quantitative estimate of drug-likeness (QED) is 0.673. The zero-order valence-electron chi connectivity index (χ0n) is 10.3. The van der Waals surface area contributed by atoms with Crippen molar-refractivity contribution in [2.45, 2.75) is 6.54 Å². The molecule has 100 valence electrons. The number of hydrogen-bond acceptors (Lipinski definition) is 6. The maximum absolute atomic E-state index is 11.9. The first-order valence-corrected chi connectivity index (χ1v) is 5.76. The van der Waals surface area contributed by atoms with E-state index in [-0.39, 0.29) is 12.5 Å². The molecule has 0 saturated heterocycles. The summed E-state index contributed by atoms with van der Waals surface area (Å²) in [6.45, 7) is 0.281. The fraction of sp³-hybridized carbons (Fsp3) is 0.0909. The van der Waals surface area contributed by atoms with Gasteiger partial charge in [0.15, 0.2) is 5.82 Å². The number of nitrogens with zero attached hydrogens (tertiary/aromatic N) is 6. The van der Waals surface area contributed by atoms with Gasteiger partial charge < -0.3 is 5.32 Å². The molecule has 0 aliphatic heterocycles. The molecule has 3 rings (SSSR count). The average Bonchev–Trinajstić information content (AvgIpc) is 3.18. The first kappa shape index (κ1) is 12.0. The first-order chi connectivity index (χ1) is 9.83. The Bertz CT molecular complexity index is 674. The van der Waals surface area contributed by atoms with E-state index < -0.39 is 0 Å². The lowest BCUT2D eigenvalue weighted by atomic mass is 10.2. The Morgan fingerprint density at radius 2 is 2.25 bits per heavy atom. The lowest BCUT2D eigenvalue weighted by Crippen LogP contribution is -2.23. The van der Waals surface area contributed by atoms with Gasteiger partial charge in [-0.2, -0.15) is 10.2 Å². The molecule has 0 aliphatic rings. The number of aromatic amines is 1. The van der Waals surface area contributed by atoms with Crippen LogP contribution in [0.15, 0.2) is 37.3 Å². The van der Waals surface area contributed by atoms with Gasteiger partial charge in [-0.25, -0.2) is 19.6 Å². The molecule has 0 aromatic carbocycles. The number of carbonyl (C=O) groups excluding carboxylic acids is 1. The van der Waals surface area contributed by atoms with Crippen LogP contribution in [-0.2, 0) is 6.54 Å². The maximum atomic E-state index is 11.9. The van der Waals surface area contributed by atoms with Crippen LogP contribution in [0.5, 0.6) is 0 Å². The van der Waals surface area contributed by atoms with Crippen LogP contribution in [0.2, 0.25) is 0 Å².